The van der Waals surface area contributed by atoms with Gasteiger partial charge in [0.2, 0.25) is 21.8 Å². The minimum Gasteiger partial charge on any atom is -0.486 e. The van der Waals surface area contributed by atoms with Crippen LogP contribution in [0.15, 0.2) is 53.4 Å². The van der Waals surface area contributed by atoms with E-state index in [0.29, 0.717) is 37.8 Å². The normalized spacial score (nSPS) is 17.0. The van der Waals surface area contributed by atoms with Gasteiger partial charge in [-0.1, -0.05) is 30.3 Å². The molecule has 0 bridgehead atoms. The molecular formula is C21H23N3O6S. The van der Waals surface area contributed by atoms with Gasteiger partial charge in [-0.05, 0) is 24.1 Å². The maximum absolute atomic E-state index is 13.2. The quantitative estimate of drug-likeness (QED) is 0.661. The van der Waals surface area contributed by atoms with Gasteiger partial charge in [-0.25, -0.2) is 8.42 Å². The number of ether oxygens (including phenoxy) is 2. The number of sulfonamides is 1. The van der Waals surface area contributed by atoms with Crippen molar-refractivity contribution in [3.05, 3.63) is 54.1 Å². The number of fused-ring (bicyclic) bond motifs is 1. The van der Waals surface area contributed by atoms with Crippen LogP contribution in [0.25, 0.3) is 0 Å². The monoisotopic (exact) mass is 445 g/mol. The SMILES string of the molecule is O=C1CN(C(=O)[C@@H](Cc2ccccc2)NS(=O)(=O)c2ccc3c(c2)OCCO3)CCN1. The lowest BCUT2D eigenvalue weighted by molar-refractivity contribution is -0.139. The van der Waals surface area contributed by atoms with E-state index in [2.05, 4.69) is 10.0 Å². The molecule has 0 unspecified atom stereocenters. The third-order valence-electron chi connectivity index (χ3n) is 5.05. The Labute approximate surface area is 180 Å². The Balaban J connectivity index is 1.59. The minimum absolute atomic E-state index is 0.0287. The number of nitrogens with zero attached hydrogens (tertiary/aromatic N) is 1. The van der Waals surface area contributed by atoms with Gasteiger partial charge in [0.05, 0.1) is 11.4 Å². The molecule has 31 heavy (non-hydrogen) atoms. The molecule has 2 heterocycles. The molecule has 0 aliphatic carbocycles. The molecule has 2 N–H and O–H groups in total. The molecule has 9 nitrogen and oxygen atoms in total. The van der Waals surface area contributed by atoms with Crippen molar-refractivity contribution in [3.63, 3.8) is 0 Å². The Morgan fingerprint density at radius 1 is 1.10 bits per heavy atom. The molecule has 2 aliphatic heterocycles. The van der Waals surface area contributed by atoms with Crippen LogP contribution in [0.5, 0.6) is 11.5 Å². The molecular weight excluding hydrogens is 422 g/mol. The lowest BCUT2D eigenvalue weighted by atomic mass is 10.1. The minimum atomic E-state index is -4.04. The lowest BCUT2D eigenvalue weighted by Crippen LogP contribution is -2.56. The highest BCUT2D eigenvalue weighted by Crippen LogP contribution is 2.32. The fraction of sp³-hybridized carbons (Fsp3) is 0.333. The third kappa shape index (κ3) is 4.97. The molecule has 10 heteroatoms. The second-order valence-corrected chi connectivity index (χ2v) is 8.99. The van der Waals surface area contributed by atoms with Crippen LogP contribution in [-0.4, -0.2) is 64.0 Å². The van der Waals surface area contributed by atoms with Gasteiger partial charge in [0, 0.05) is 19.2 Å². The van der Waals surface area contributed by atoms with Crippen molar-refractivity contribution in [1.29, 1.82) is 0 Å². The van der Waals surface area contributed by atoms with Crippen LogP contribution in [0.4, 0.5) is 0 Å². The molecule has 0 aromatic heterocycles. The second-order valence-electron chi connectivity index (χ2n) is 7.28. The van der Waals surface area contributed by atoms with E-state index in [1.54, 1.807) is 0 Å². The van der Waals surface area contributed by atoms with Crippen LogP contribution in [0.3, 0.4) is 0 Å². The number of hydrogen-bond donors (Lipinski definition) is 2. The first kappa shape index (κ1) is 21.1. The number of amides is 2. The summed E-state index contributed by atoms with van der Waals surface area (Å²) < 4.78 is 39.7. The molecule has 0 saturated carbocycles. The van der Waals surface area contributed by atoms with Gasteiger partial charge < -0.3 is 19.7 Å². The van der Waals surface area contributed by atoms with Crippen LogP contribution in [0, 0.1) is 0 Å². The summed E-state index contributed by atoms with van der Waals surface area (Å²) in [5.41, 5.74) is 0.798. The van der Waals surface area contributed by atoms with Crippen molar-refractivity contribution in [2.75, 3.05) is 32.8 Å². The molecule has 2 aromatic carbocycles. The van der Waals surface area contributed by atoms with E-state index in [1.165, 1.54) is 23.1 Å². The summed E-state index contributed by atoms with van der Waals surface area (Å²) >= 11 is 0. The van der Waals surface area contributed by atoms with Crippen LogP contribution in [0.1, 0.15) is 5.56 Å². The second kappa shape index (κ2) is 8.94. The number of carbonyl (C=O) groups is 2. The number of hydrogen-bond acceptors (Lipinski definition) is 6. The maximum Gasteiger partial charge on any atom is 0.241 e. The zero-order valence-corrected chi connectivity index (χ0v) is 17.6. The zero-order valence-electron chi connectivity index (χ0n) is 16.7. The van der Waals surface area contributed by atoms with Gasteiger partial charge in [0.1, 0.15) is 19.3 Å². The summed E-state index contributed by atoms with van der Waals surface area (Å²) in [7, 11) is -4.04. The van der Waals surface area contributed by atoms with Gasteiger partial charge in [0.25, 0.3) is 0 Å². The first-order chi connectivity index (χ1) is 14.9. The summed E-state index contributed by atoms with van der Waals surface area (Å²) in [5.74, 6) is 0.0989. The number of rotatable bonds is 6. The van der Waals surface area contributed by atoms with Gasteiger partial charge >= 0.3 is 0 Å². The van der Waals surface area contributed by atoms with Gasteiger partial charge in [-0.2, -0.15) is 4.72 Å². The Morgan fingerprint density at radius 2 is 1.84 bits per heavy atom. The van der Waals surface area contributed by atoms with Gasteiger partial charge in [-0.3, -0.25) is 9.59 Å². The Bertz CT molecular complexity index is 1070. The third-order valence-corrected chi connectivity index (χ3v) is 6.52. The average Bonchev–Trinajstić information content (AvgIpc) is 2.78. The van der Waals surface area contributed by atoms with E-state index in [4.69, 9.17) is 9.47 Å². The van der Waals surface area contributed by atoms with Crippen molar-refractivity contribution in [3.8, 4) is 11.5 Å². The van der Waals surface area contributed by atoms with E-state index in [-0.39, 0.29) is 23.8 Å². The fourth-order valence-corrected chi connectivity index (χ4v) is 4.73. The largest absolute Gasteiger partial charge is 0.486 e. The first-order valence-electron chi connectivity index (χ1n) is 9.94. The summed E-state index contributed by atoms with van der Waals surface area (Å²) in [6.45, 7) is 1.28. The predicted molar refractivity (Wildman–Crippen MR) is 111 cm³/mol. The molecule has 2 aliphatic rings. The molecule has 164 valence electrons. The number of carbonyl (C=O) groups excluding carboxylic acids is 2. The summed E-state index contributed by atoms with van der Waals surface area (Å²) in [6, 6.07) is 12.4. The number of piperazine rings is 1. The zero-order chi connectivity index (χ0) is 21.8. The molecule has 1 atom stereocenters. The highest BCUT2D eigenvalue weighted by molar-refractivity contribution is 7.89. The van der Waals surface area contributed by atoms with E-state index in [1.807, 2.05) is 30.3 Å². The van der Waals surface area contributed by atoms with Crippen molar-refractivity contribution in [2.45, 2.75) is 17.4 Å². The van der Waals surface area contributed by atoms with Crippen LogP contribution >= 0.6 is 0 Å². The number of benzene rings is 2. The Hall–Kier alpha value is -3.11. The van der Waals surface area contributed by atoms with Crippen LogP contribution < -0.4 is 19.5 Å². The Kier molecular flexibility index (Phi) is 6.10. The van der Waals surface area contributed by atoms with E-state index < -0.39 is 22.0 Å². The molecule has 0 spiro atoms. The standard InChI is InChI=1S/C21H23N3O6S/c25-20-14-24(9-8-22-20)21(26)17(12-15-4-2-1-3-5-15)23-31(27,28)16-6-7-18-19(13-16)30-11-10-29-18/h1-7,13,17,23H,8-12,14H2,(H,22,25)/t17-/m1/s1. The van der Waals surface area contributed by atoms with Gasteiger partial charge in [-0.15, -0.1) is 0 Å². The summed E-state index contributed by atoms with van der Waals surface area (Å²) in [5, 5.41) is 2.66. The van der Waals surface area contributed by atoms with E-state index in [0.717, 1.165) is 5.56 Å². The first-order valence-corrected chi connectivity index (χ1v) is 11.4. The predicted octanol–water partition coefficient (Wildman–Crippen LogP) is 0.306. The topological polar surface area (TPSA) is 114 Å². The highest BCUT2D eigenvalue weighted by atomic mass is 32.2. The average molecular weight is 445 g/mol. The van der Waals surface area contributed by atoms with Crippen molar-refractivity contribution in [2.24, 2.45) is 0 Å². The summed E-state index contributed by atoms with van der Waals surface area (Å²) in [4.78, 5) is 26.2. The van der Waals surface area contributed by atoms with E-state index >= 15 is 0 Å². The van der Waals surface area contributed by atoms with Gasteiger partial charge in [0.15, 0.2) is 11.5 Å². The molecule has 2 aromatic rings. The number of nitrogens with one attached hydrogen (secondary N) is 2. The molecule has 0 radical (unpaired) electrons. The molecule has 2 amide bonds. The maximum atomic E-state index is 13.2. The lowest BCUT2D eigenvalue weighted by Gasteiger charge is -2.30. The van der Waals surface area contributed by atoms with Crippen LogP contribution in [-0.2, 0) is 26.0 Å². The van der Waals surface area contributed by atoms with E-state index in [9.17, 15) is 18.0 Å². The summed E-state index contributed by atoms with van der Waals surface area (Å²) in [6.07, 6.45) is 0.154. The van der Waals surface area contributed by atoms with Crippen molar-refractivity contribution >= 4 is 21.8 Å². The molecule has 1 saturated heterocycles. The fourth-order valence-electron chi connectivity index (χ4n) is 3.52. The van der Waals surface area contributed by atoms with Crippen molar-refractivity contribution < 1.29 is 27.5 Å². The molecule has 4 rings (SSSR count). The smallest absolute Gasteiger partial charge is 0.241 e. The van der Waals surface area contributed by atoms with Crippen LogP contribution in [0.2, 0.25) is 0 Å². The molecule has 1 fully saturated rings. The Morgan fingerprint density at radius 3 is 2.58 bits per heavy atom. The highest BCUT2D eigenvalue weighted by Gasteiger charge is 2.32. The van der Waals surface area contributed by atoms with Crippen molar-refractivity contribution in [1.82, 2.24) is 14.9 Å².